The normalized spacial score (nSPS) is 14.5. The summed E-state index contributed by atoms with van der Waals surface area (Å²) in [5.41, 5.74) is 1.73. The van der Waals surface area contributed by atoms with Crippen molar-refractivity contribution in [3.05, 3.63) is 98.6 Å². The van der Waals surface area contributed by atoms with Gasteiger partial charge in [0.15, 0.2) is 0 Å². The van der Waals surface area contributed by atoms with E-state index in [9.17, 15) is 18.8 Å². The van der Waals surface area contributed by atoms with Crippen molar-refractivity contribution in [2.45, 2.75) is 6.61 Å². The van der Waals surface area contributed by atoms with E-state index < -0.39 is 29.4 Å². The lowest BCUT2D eigenvalue weighted by atomic mass is 10.2. The number of thioether (sulfide) groups is 1. The van der Waals surface area contributed by atoms with Gasteiger partial charge in [0.2, 0.25) is 5.91 Å². The summed E-state index contributed by atoms with van der Waals surface area (Å²) in [6, 6.07) is 18.0. The van der Waals surface area contributed by atoms with Crippen molar-refractivity contribution < 1.29 is 23.5 Å². The first-order valence-electron chi connectivity index (χ1n) is 10.3. The fourth-order valence-electron chi connectivity index (χ4n) is 3.18. The van der Waals surface area contributed by atoms with Gasteiger partial charge in [-0.05, 0) is 59.8 Å². The van der Waals surface area contributed by atoms with E-state index in [-0.39, 0.29) is 22.2 Å². The third kappa shape index (κ3) is 6.22. The van der Waals surface area contributed by atoms with Crippen LogP contribution in [0, 0.1) is 5.82 Å². The van der Waals surface area contributed by atoms with E-state index in [0.29, 0.717) is 16.3 Å². The van der Waals surface area contributed by atoms with Crippen LogP contribution >= 0.6 is 35.0 Å². The van der Waals surface area contributed by atoms with Gasteiger partial charge in [0.05, 0.1) is 9.93 Å². The molecule has 1 saturated heterocycles. The summed E-state index contributed by atoms with van der Waals surface area (Å²) in [6.07, 6.45) is 1.56. The Morgan fingerprint density at radius 2 is 1.83 bits per heavy atom. The molecule has 35 heavy (non-hydrogen) atoms. The van der Waals surface area contributed by atoms with Crippen LogP contribution in [0.4, 0.5) is 14.9 Å². The van der Waals surface area contributed by atoms with E-state index in [0.717, 1.165) is 28.3 Å². The van der Waals surface area contributed by atoms with Crippen molar-refractivity contribution in [3.63, 3.8) is 0 Å². The number of amides is 3. The highest BCUT2D eigenvalue weighted by atomic mass is 35.5. The lowest BCUT2D eigenvalue weighted by Crippen LogP contribution is -2.36. The first kappa shape index (κ1) is 24.8. The van der Waals surface area contributed by atoms with Gasteiger partial charge >= 0.3 is 0 Å². The Hall–Kier alpha value is -3.33. The maximum absolute atomic E-state index is 13.3. The third-order valence-corrected chi connectivity index (χ3v) is 6.45. The maximum atomic E-state index is 13.3. The third-order valence-electron chi connectivity index (χ3n) is 4.89. The zero-order chi connectivity index (χ0) is 24.9. The average Bonchev–Trinajstić information content (AvgIpc) is 3.08. The molecule has 1 aliphatic heterocycles. The van der Waals surface area contributed by atoms with Gasteiger partial charge in [-0.1, -0.05) is 53.5 Å². The molecule has 4 rings (SSSR count). The summed E-state index contributed by atoms with van der Waals surface area (Å²) in [7, 11) is 0. The number of imide groups is 1. The van der Waals surface area contributed by atoms with Crippen LogP contribution in [-0.2, 0) is 16.2 Å². The molecule has 3 amide bonds. The molecular weight excluding hydrogens is 514 g/mol. The van der Waals surface area contributed by atoms with Crippen LogP contribution < -0.4 is 10.1 Å². The van der Waals surface area contributed by atoms with Gasteiger partial charge in [0.1, 0.15) is 24.7 Å². The van der Waals surface area contributed by atoms with E-state index >= 15 is 0 Å². The minimum Gasteiger partial charge on any atom is -0.489 e. The molecule has 0 aromatic heterocycles. The average molecular weight is 531 g/mol. The van der Waals surface area contributed by atoms with Gasteiger partial charge in [0, 0.05) is 16.3 Å². The van der Waals surface area contributed by atoms with Gasteiger partial charge in [0.25, 0.3) is 11.1 Å². The van der Waals surface area contributed by atoms with Gasteiger partial charge in [-0.15, -0.1) is 0 Å². The van der Waals surface area contributed by atoms with Crippen LogP contribution in [0.5, 0.6) is 5.75 Å². The summed E-state index contributed by atoms with van der Waals surface area (Å²) < 4.78 is 19.1. The molecule has 6 nitrogen and oxygen atoms in total. The van der Waals surface area contributed by atoms with Crippen LogP contribution in [0.25, 0.3) is 6.08 Å². The number of carbonyl (C=O) groups is 3. The smallest absolute Gasteiger partial charge is 0.294 e. The number of hydrogen-bond acceptors (Lipinski definition) is 5. The van der Waals surface area contributed by atoms with Crippen LogP contribution in [0.3, 0.4) is 0 Å². The number of nitrogens with zero attached hydrogens (tertiary/aromatic N) is 1. The van der Waals surface area contributed by atoms with Crippen molar-refractivity contribution in [1.82, 2.24) is 4.90 Å². The minimum absolute atomic E-state index is 0.157. The van der Waals surface area contributed by atoms with E-state index in [4.69, 9.17) is 27.9 Å². The van der Waals surface area contributed by atoms with Crippen LogP contribution in [-0.4, -0.2) is 28.5 Å². The molecule has 0 unspecified atom stereocenters. The highest BCUT2D eigenvalue weighted by molar-refractivity contribution is 8.18. The molecule has 1 aliphatic rings. The highest BCUT2D eigenvalue weighted by Gasteiger charge is 2.36. The van der Waals surface area contributed by atoms with Crippen molar-refractivity contribution in [3.8, 4) is 5.75 Å². The zero-order valence-electron chi connectivity index (χ0n) is 18.0. The zero-order valence-corrected chi connectivity index (χ0v) is 20.3. The summed E-state index contributed by atoms with van der Waals surface area (Å²) in [5.74, 6) is -1.27. The second kappa shape index (κ2) is 10.9. The molecule has 1 fully saturated rings. The summed E-state index contributed by atoms with van der Waals surface area (Å²) in [6.45, 7) is -0.216. The Bertz CT molecular complexity index is 1350. The topological polar surface area (TPSA) is 75.7 Å². The van der Waals surface area contributed by atoms with E-state index in [1.165, 1.54) is 12.1 Å². The van der Waals surface area contributed by atoms with Gasteiger partial charge in [-0.3, -0.25) is 19.3 Å². The molecule has 0 atom stereocenters. The molecule has 0 saturated carbocycles. The maximum Gasteiger partial charge on any atom is 0.294 e. The summed E-state index contributed by atoms with van der Waals surface area (Å²) in [5, 5.41) is 2.36. The van der Waals surface area contributed by atoms with Gasteiger partial charge in [-0.25, -0.2) is 4.39 Å². The van der Waals surface area contributed by atoms with Crippen LogP contribution in [0.15, 0.2) is 71.6 Å². The second-order valence-corrected chi connectivity index (χ2v) is 9.21. The molecule has 3 aromatic rings. The molecule has 178 valence electrons. The number of rotatable bonds is 7. The fourth-order valence-corrected chi connectivity index (χ4v) is 4.39. The van der Waals surface area contributed by atoms with Crippen molar-refractivity contribution in [1.29, 1.82) is 0 Å². The highest BCUT2D eigenvalue weighted by Crippen LogP contribution is 2.33. The van der Waals surface area contributed by atoms with Crippen molar-refractivity contribution in [2.24, 2.45) is 0 Å². The quantitative estimate of drug-likeness (QED) is 0.358. The Morgan fingerprint density at radius 1 is 1.03 bits per heavy atom. The Balaban J connectivity index is 1.40. The largest absolute Gasteiger partial charge is 0.489 e. The number of halogens is 3. The lowest BCUT2D eigenvalue weighted by Gasteiger charge is -2.12. The van der Waals surface area contributed by atoms with Crippen molar-refractivity contribution in [2.75, 3.05) is 11.9 Å². The Kier molecular flexibility index (Phi) is 7.75. The predicted octanol–water partition coefficient (Wildman–Crippen LogP) is 6.39. The van der Waals surface area contributed by atoms with Crippen LogP contribution in [0.1, 0.15) is 11.1 Å². The predicted molar refractivity (Wildman–Crippen MR) is 135 cm³/mol. The Morgan fingerprint density at radius 3 is 2.60 bits per heavy atom. The van der Waals surface area contributed by atoms with Crippen LogP contribution in [0.2, 0.25) is 10.0 Å². The Labute approximate surface area is 214 Å². The molecule has 1 heterocycles. The molecule has 0 radical (unpaired) electrons. The summed E-state index contributed by atoms with van der Waals surface area (Å²) >= 11 is 12.6. The fraction of sp³-hybridized carbons (Fsp3) is 0.0800. The summed E-state index contributed by atoms with van der Waals surface area (Å²) in [4.78, 5) is 38.5. The monoisotopic (exact) mass is 530 g/mol. The van der Waals surface area contributed by atoms with Gasteiger partial charge in [-0.2, -0.15) is 0 Å². The molecule has 10 heteroatoms. The lowest BCUT2D eigenvalue weighted by molar-refractivity contribution is -0.127. The number of nitrogens with one attached hydrogen (secondary N) is 1. The number of benzene rings is 3. The van der Waals surface area contributed by atoms with E-state index in [1.807, 2.05) is 18.2 Å². The van der Waals surface area contributed by atoms with Gasteiger partial charge < -0.3 is 10.1 Å². The van der Waals surface area contributed by atoms with E-state index in [2.05, 4.69) is 5.32 Å². The second-order valence-electron chi connectivity index (χ2n) is 7.40. The minimum atomic E-state index is -0.626. The molecule has 0 bridgehead atoms. The number of hydrogen-bond donors (Lipinski definition) is 1. The first-order valence-corrected chi connectivity index (χ1v) is 11.8. The molecular formula is C25H17Cl2FN2O4S. The number of carbonyl (C=O) groups excluding carboxylic acids is 3. The molecule has 3 aromatic carbocycles. The number of anilines is 1. The molecule has 0 aliphatic carbocycles. The van der Waals surface area contributed by atoms with E-state index in [1.54, 1.807) is 36.4 Å². The standard InChI is InChI=1S/C25H17Cl2FN2O4S/c26-19-7-2-1-5-16(19)14-34-18-6-3-4-15(10-18)11-22-24(32)30(25(33)35-22)13-23(31)29-17-8-9-21(28)20(27)12-17/h1-12H,13-14H2,(H,29,31)/b22-11+. The van der Waals surface area contributed by atoms with Crippen molar-refractivity contribution >= 4 is 63.8 Å². The molecule has 1 N–H and O–H groups in total. The number of ether oxygens (including phenoxy) is 1. The SMILES string of the molecule is O=C(CN1C(=O)S/C(=C/c2cccc(OCc3ccccc3Cl)c2)C1=O)Nc1ccc(F)c(Cl)c1. The molecule has 0 spiro atoms. The first-order chi connectivity index (χ1) is 16.8.